The first-order chi connectivity index (χ1) is 10.1. The zero-order valence-electron chi connectivity index (χ0n) is 12.8. The highest BCUT2D eigenvalue weighted by molar-refractivity contribution is 5.97. The number of carbonyl (C=O) groups is 2. The lowest BCUT2D eigenvalue weighted by Gasteiger charge is -2.30. The molecule has 2 rings (SSSR count). The van der Waals surface area contributed by atoms with Gasteiger partial charge in [0.05, 0.1) is 0 Å². The third-order valence-corrected chi connectivity index (χ3v) is 4.22. The summed E-state index contributed by atoms with van der Waals surface area (Å²) in [7, 11) is 0. The first-order valence-corrected chi connectivity index (χ1v) is 7.74. The molecule has 1 aromatic rings. The second-order valence-electron chi connectivity index (χ2n) is 5.94. The van der Waals surface area contributed by atoms with Gasteiger partial charge in [-0.15, -0.1) is 0 Å². The maximum absolute atomic E-state index is 12.2. The molecule has 1 fully saturated rings. The summed E-state index contributed by atoms with van der Waals surface area (Å²) < 4.78 is 0. The predicted octanol–water partition coefficient (Wildman–Crippen LogP) is 2.50. The number of hydrogen-bond acceptors (Lipinski definition) is 2. The van der Waals surface area contributed by atoms with Gasteiger partial charge in [-0.05, 0) is 37.8 Å². The Labute approximate surface area is 126 Å². The quantitative estimate of drug-likeness (QED) is 0.894. The van der Waals surface area contributed by atoms with Gasteiger partial charge in [0.2, 0.25) is 5.91 Å². The molecule has 2 N–H and O–H groups in total. The van der Waals surface area contributed by atoms with Crippen molar-refractivity contribution in [2.45, 2.75) is 51.6 Å². The first kappa shape index (κ1) is 15.5. The highest BCUT2D eigenvalue weighted by Crippen LogP contribution is 2.23. The molecule has 4 nitrogen and oxygen atoms in total. The van der Waals surface area contributed by atoms with Crippen LogP contribution in [-0.4, -0.2) is 23.9 Å². The average Bonchev–Trinajstić information content (AvgIpc) is 2.50. The van der Waals surface area contributed by atoms with Crippen LogP contribution in [0, 0.1) is 5.92 Å². The Bertz CT molecular complexity index is 487. The van der Waals surface area contributed by atoms with Crippen molar-refractivity contribution in [3.05, 3.63) is 35.9 Å². The molecule has 0 aliphatic heterocycles. The molecule has 1 aliphatic rings. The van der Waals surface area contributed by atoms with E-state index in [2.05, 4.69) is 17.6 Å². The van der Waals surface area contributed by atoms with Crippen LogP contribution in [0.15, 0.2) is 30.3 Å². The molecule has 0 spiro atoms. The van der Waals surface area contributed by atoms with Crippen molar-refractivity contribution in [2.75, 3.05) is 0 Å². The Morgan fingerprint density at radius 1 is 1.14 bits per heavy atom. The van der Waals surface area contributed by atoms with Gasteiger partial charge in [0.25, 0.3) is 5.91 Å². The number of benzene rings is 1. The van der Waals surface area contributed by atoms with Gasteiger partial charge < -0.3 is 10.6 Å². The average molecular weight is 288 g/mol. The number of carbonyl (C=O) groups excluding carboxylic acids is 2. The zero-order chi connectivity index (χ0) is 15.2. The van der Waals surface area contributed by atoms with Gasteiger partial charge in [-0.2, -0.15) is 0 Å². The van der Waals surface area contributed by atoms with E-state index in [1.807, 2.05) is 18.2 Å². The zero-order valence-corrected chi connectivity index (χ0v) is 12.8. The Kier molecular flexibility index (Phi) is 5.37. The summed E-state index contributed by atoms with van der Waals surface area (Å²) in [6, 6.07) is 8.67. The molecule has 21 heavy (non-hydrogen) atoms. The largest absolute Gasteiger partial charge is 0.351 e. The minimum atomic E-state index is -0.521. The molecule has 3 atom stereocenters. The summed E-state index contributed by atoms with van der Waals surface area (Å²) in [6.07, 6.45) is 4.61. The standard InChI is InChI=1S/C17H24N2O2/c1-12-8-6-7-11-15(12)19-16(20)13(2)18-17(21)14-9-4-3-5-10-14/h3-5,9-10,12-13,15H,6-8,11H2,1-2H3,(H,18,21)(H,19,20)/t12-,13-,15+/m0/s1. The van der Waals surface area contributed by atoms with Crippen molar-refractivity contribution in [3.8, 4) is 0 Å². The summed E-state index contributed by atoms with van der Waals surface area (Å²) in [4.78, 5) is 24.2. The van der Waals surface area contributed by atoms with E-state index < -0.39 is 6.04 Å². The van der Waals surface area contributed by atoms with Crippen LogP contribution in [0.4, 0.5) is 0 Å². The molecular formula is C17H24N2O2. The van der Waals surface area contributed by atoms with Crippen LogP contribution >= 0.6 is 0 Å². The van der Waals surface area contributed by atoms with E-state index >= 15 is 0 Å². The summed E-state index contributed by atoms with van der Waals surface area (Å²) >= 11 is 0. The minimum absolute atomic E-state index is 0.0990. The van der Waals surface area contributed by atoms with E-state index in [4.69, 9.17) is 0 Å². The number of nitrogens with one attached hydrogen (secondary N) is 2. The van der Waals surface area contributed by atoms with Gasteiger partial charge in [0, 0.05) is 11.6 Å². The van der Waals surface area contributed by atoms with Gasteiger partial charge in [-0.3, -0.25) is 9.59 Å². The lowest BCUT2D eigenvalue weighted by atomic mass is 9.86. The van der Waals surface area contributed by atoms with Crippen molar-refractivity contribution in [2.24, 2.45) is 5.92 Å². The van der Waals surface area contributed by atoms with E-state index in [0.29, 0.717) is 11.5 Å². The third-order valence-electron chi connectivity index (χ3n) is 4.22. The molecular weight excluding hydrogens is 264 g/mol. The van der Waals surface area contributed by atoms with Crippen molar-refractivity contribution in [1.82, 2.24) is 10.6 Å². The van der Waals surface area contributed by atoms with Crippen LogP contribution in [0.2, 0.25) is 0 Å². The molecule has 0 unspecified atom stereocenters. The van der Waals surface area contributed by atoms with Gasteiger partial charge in [0.1, 0.15) is 6.04 Å². The summed E-state index contributed by atoms with van der Waals surface area (Å²) in [5, 5.41) is 5.82. The molecule has 1 aromatic carbocycles. The number of hydrogen-bond donors (Lipinski definition) is 2. The number of rotatable bonds is 4. The van der Waals surface area contributed by atoms with E-state index in [1.54, 1.807) is 19.1 Å². The molecule has 2 amide bonds. The lowest BCUT2D eigenvalue weighted by Crippen LogP contribution is -2.50. The molecule has 1 aliphatic carbocycles. The van der Waals surface area contributed by atoms with E-state index in [0.717, 1.165) is 12.8 Å². The Hall–Kier alpha value is -1.84. The van der Waals surface area contributed by atoms with E-state index in [-0.39, 0.29) is 17.9 Å². The molecule has 4 heteroatoms. The first-order valence-electron chi connectivity index (χ1n) is 7.74. The monoisotopic (exact) mass is 288 g/mol. The van der Waals surface area contributed by atoms with Gasteiger partial charge in [-0.1, -0.05) is 38.0 Å². The number of amides is 2. The highest BCUT2D eigenvalue weighted by Gasteiger charge is 2.25. The van der Waals surface area contributed by atoms with Crippen LogP contribution in [0.3, 0.4) is 0 Å². The fraction of sp³-hybridized carbons (Fsp3) is 0.529. The molecule has 1 saturated carbocycles. The predicted molar refractivity (Wildman–Crippen MR) is 82.9 cm³/mol. The normalized spacial score (nSPS) is 23.1. The van der Waals surface area contributed by atoms with Crippen molar-refractivity contribution in [3.63, 3.8) is 0 Å². The van der Waals surface area contributed by atoms with Crippen LogP contribution in [0.25, 0.3) is 0 Å². The fourth-order valence-corrected chi connectivity index (χ4v) is 2.77. The molecule has 0 saturated heterocycles. The third kappa shape index (κ3) is 4.31. The summed E-state index contributed by atoms with van der Waals surface area (Å²) in [5.41, 5.74) is 0.572. The molecule has 0 radical (unpaired) electrons. The maximum Gasteiger partial charge on any atom is 0.251 e. The highest BCUT2D eigenvalue weighted by atomic mass is 16.2. The van der Waals surface area contributed by atoms with Gasteiger partial charge in [-0.25, -0.2) is 0 Å². The SMILES string of the molecule is C[C@H](NC(=O)c1ccccc1)C(=O)N[C@@H]1CCCC[C@@H]1C. The molecule has 114 valence electrons. The van der Waals surface area contributed by atoms with Crippen LogP contribution in [0.1, 0.15) is 49.9 Å². The van der Waals surface area contributed by atoms with Gasteiger partial charge >= 0.3 is 0 Å². The van der Waals surface area contributed by atoms with E-state index in [9.17, 15) is 9.59 Å². The summed E-state index contributed by atoms with van der Waals surface area (Å²) in [5.74, 6) is 0.202. The molecule has 0 bridgehead atoms. The van der Waals surface area contributed by atoms with E-state index in [1.165, 1.54) is 12.8 Å². The topological polar surface area (TPSA) is 58.2 Å². The van der Waals surface area contributed by atoms with Crippen LogP contribution < -0.4 is 10.6 Å². The fourth-order valence-electron chi connectivity index (χ4n) is 2.77. The van der Waals surface area contributed by atoms with Crippen molar-refractivity contribution >= 4 is 11.8 Å². The van der Waals surface area contributed by atoms with Crippen LogP contribution in [-0.2, 0) is 4.79 Å². The van der Waals surface area contributed by atoms with Crippen molar-refractivity contribution in [1.29, 1.82) is 0 Å². The van der Waals surface area contributed by atoms with Crippen molar-refractivity contribution < 1.29 is 9.59 Å². The van der Waals surface area contributed by atoms with Gasteiger partial charge in [0.15, 0.2) is 0 Å². The Morgan fingerprint density at radius 2 is 1.81 bits per heavy atom. The minimum Gasteiger partial charge on any atom is -0.351 e. The lowest BCUT2D eigenvalue weighted by molar-refractivity contribution is -0.123. The summed E-state index contributed by atoms with van der Waals surface area (Å²) in [6.45, 7) is 3.90. The maximum atomic E-state index is 12.2. The second-order valence-corrected chi connectivity index (χ2v) is 5.94. The molecule has 0 aromatic heterocycles. The Morgan fingerprint density at radius 3 is 2.48 bits per heavy atom. The Balaban J connectivity index is 1.86. The second kappa shape index (κ2) is 7.25. The molecule has 0 heterocycles. The van der Waals surface area contributed by atoms with Crippen LogP contribution in [0.5, 0.6) is 0 Å². The smallest absolute Gasteiger partial charge is 0.251 e.